The first kappa shape index (κ1) is 22.2. The maximum Gasteiger partial charge on any atom is 0.274 e. The molecule has 0 aliphatic carbocycles. The normalized spacial score (nSPS) is 13.4. The number of morpholine rings is 1. The molecule has 0 saturated carbocycles. The number of primary amides is 1. The van der Waals surface area contributed by atoms with Gasteiger partial charge in [-0.1, -0.05) is 18.2 Å². The first-order valence-corrected chi connectivity index (χ1v) is 11.1. The Morgan fingerprint density at radius 1 is 0.943 bits per heavy atom. The molecule has 4 aromatic rings. The van der Waals surface area contributed by atoms with Crippen LogP contribution in [-0.2, 0) is 4.74 Å². The van der Waals surface area contributed by atoms with E-state index in [9.17, 15) is 9.59 Å². The number of amides is 2. The second-order valence-electron chi connectivity index (χ2n) is 7.90. The Bertz CT molecular complexity index is 1390. The first-order chi connectivity index (χ1) is 17.1. The highest BCUT2D eigenvalue weighted by Crippen LogP contribution is 2.32. The minimum Gasteiger partial charge on any atom is -0.378 e. The van der Waals surface area contributed by atoms with Crippen LogP contribution in [0.1, 0.15) is 21.0 Å². The number of nitrogens with zero attached hydrogens (tertiary/aromatic N) is 4. The topological polar surface area (TPSA) is 135 Å². The largest absolute Gasteiger partial charge is 0.378 e. The molecule has 2 amide bonds. The molecule has 3 heterocycles. The summed E-state index contributed by atoms with van der Waals surface area (Å²) in [5.41, 5.74) is 9.13. The van der Waals surface area contributed by atoms with E-state index in [-0.39, 0.29) is 17.4 Å². The summed E-state index contributed by atoms with van der Waals surface area (Å²) in [5.74, 6) is -0.794. The number of carbonyl (C=O) groups excluding carboxylic acids is 2. The molecule has 2 aromatic carbocycles. The Balaban J connectivity index is 1.51. The summed E-state index contributed by atoms with van der Waals surface area (Å²) in [6.45, 7) is 2.59. The van der Waals surface area contributed by atoms with Crippen molar-refractivity contribution in [3.05, 3.63) is 78.2 Å². The van der Waals surface area contributed by atoms with Gasteiger partial charge >= 0.3 is 0 Å². The zero-order valence-corrected chi connectivity index (χ0v) is 18.8. The second kappa shape index (κ2) is 9.74. The smallest absolute Gasteiger partial charge is 0.274 e. The van der Waals surface area contributed by atoms with Gasteiger partial charge in [0.05, 0.1) is 35.6 Å². The third-order valence-electron chi connectivity index (χ3n) is 5.56. The summed E-state index contributed by atoms with van der Waals surface area (Å²) < 4.78 is 5.47. The number of ether oxygens (including phenoxy) is 1. The molecule has 10 nitrogen and oxygen atoms in total. The highest BCUT2D eigenvalue weighted by atomic mass is 16.5. The number of aromatic nitrogens is 3. The number of carbonyl (C=O) groups is 2. The molecule has 1 aliphatic rings. The fourth-order valence-corrected chi connectivity index (χ4v) is 3.87. The van der Waals surface area contributed by atoms with Crippen molar-refractivity contribution < 1.29 is 14.3 Å². The Labute approximate surface area is 201 Å². The average Bonchev–Trinajstić information content (AvgIpc) is 2.89. The van der Waals surface area contributed by atoms with E-state index in [1.165, 1.54) is 0 Å². The van der Waals surface area contributed by atoms with Gasteiger partial charge in [-0.05, 0) is 42.5 Å². The SMILES string of the molecule is NC(=O)c1nc2ccccc2nc1Nc1ccc(N2CCOCC2)c(NC(=O)c2ccccn2)c1. The van der Waals surface area contributed by atoms with Crippen LogP contribution in [0.5, 0.6) is 0 Å². The average molecular weight is 470 g/mol. The minimum atomic E-state index is -0.695. The number of anilines is 4. The second-order valence-corrected chi connectivity index (χ2v) is 7.90. The summed E-state index contributed by atoms with van der Waals surface area (Å²) in [6.07, 6.45) is 1.57. The van der Waals surface area contributed by atoms with Crippen LogP contribution in [0.3, 0.4) is 0 Å². The van der Waals surface area contributed by atoms with Crippen LogP contribution >= 0.6 is 0 Å². The number of para-hydroxylation sites is 2. The predicted octanol–water partition coefficient (Wildman–Crippen LogP) is 2.96. The van der Waals surface area contributed by atoms with Crippen molar-refractivity contribution in [1.82, 2.24) is 15.0 Å². The van der Waals surface area contributed by atoms with Crippen LogP contribution in [-0.4, -0.2) is 53.1 Å². The van der Waals surface area contributed by atoms with Crippen LogP contribution in [0.25, 0.3) is 11.0 Å². The minimum absolute atomic E-state index is 0.0278. The molecule has 10 heteroatoms. The van der Waals surface area contributed by atoms with Crippen molar-refractivity contribution in [2.75, 3.05) is 41.8 Å². The molecule has 0 bridgehead atoms. The van der Waals surface area contributed by atoms with Gasteiger partial charge in [0.2, 0.25) is 0 Å². The monoisotopic (exact) mass is 469 g/mol. The van der Waals surface area contributed by atoms with Crippen molar-refractivity contribution in [3.8, 4) is 0 Å². The highest BCUT2D eigenvalue weighted by Gasteiger charge is 2.19. The summed E-state index contributed by atoms with van der Waals surface area (Å²) in [6, 6.07) is 17.9. The molecule has 35 heavy (non-hydrogen) atoms. The molecule has 0 radical (unpaired) electrons. The van der Waals surface area contributed by atoms with Crippen molar-refractivity contribution in [2.45, 2.75) is 0 Å². The van der Waals surface area contributed by atoms with Gasteiger partial charge in [-0.3, -0.25) is 14.6 Å². The Morgan fingerprint density at radius 2 is 1.69 bits per heavy atom. The summed E-state index contributed by atoms with van der Waals surface area (Å²) >= 11 is 0. The van der Waals surface area contributed by atoms with Gasteiger partial charge in [0, 0.05) is 25.0 Å². The lowest BCUT2D eigenvalue weighted by Crippen LogP contribution is -2.36. The predicted molar refractivity (Wildman–Crippen MR) is 133 cm³/mol. The fraction of sp³-hybridized carbons (Fsp3) is 0.160. The molecule has 4 N–H and O–H groups in total. The zero-order chi connectivity index (χ0) is 24.2. The molecule has 0 unspecified atom stereocenters. The van der Waals surface area contributed by atoms with Crippen molar-refractivity contribution in [2.24, 2.45) is 5.73 Å². The Morgan fingerprint density at radius 3 is 2.40 bits per heavy atom. The van der Waals surface area contributed by atoms with E-state index in [0.717, 1.165) is 5.69 Å². The van der Waals surface area contributed by atoms with Gasteiger partial charge in [-0.25, -0.2) is 9.97 Å². The lowest BCUT2D eigenvalue weighted by molar-refractivity contribution is 0.0993. The zero-order valence-electron chi connectivity index (χ0n) is 18.8. The number of nitrogens with one attached hydrogen (secondary N) is 2. The van der Waals surface area contributed by atoms with Gasteiger partial charge in [0.1, 0.15) is 5.69 Å². The molecule has 1 saturated heterocycles. The third kappa shape index (κ3) is 4.87. The Hall–Kier alpha value is -4.57. The molecule has 0 spiro atoms. The maximum absolute atomic E-state index is 12.9. The standard InChI is InChI=1S/C25H23N7O3/c26-23(33)22-24(30-18-6-2-1-5-17(18)29-22)28-16-8-9-21(32-11-13-35-14-12-32)20(15-16)31-25(34)19-7-3-4-10-27-19/h1-10,15H,11-14H2,(H2,26,33)(H,28,30)(H,31,34). The summed E-state index contributed by atoms with van der Waals surface area (Å²) in [7, 11) is 0. The van der Waals surface area contributed by atoms with Crippen LogP contribution < -0.4 is 21.3 Å². The first-order valence-electron chi connectivity index (χ1n) is 11.1. The number of hydrogen-bond donors (Lipinski definition) is 3. The summed E-state index contributed by atoms with van der Waals surface area (Å²) in [4.78, 5) is 40.2. The number of hydrogen-bond acceptors (Lipinski definition) is 8. The van der Waals surface area contributed by atoms with Gasteiger partial charge in [0.15, 0.2) is 11.5 Å². The highest BCUT2D eigenvalue weighted by molar-refractivity contribution is 6.05. The van der Waals surface area contributed by atoms with Gasteiger partial charge < -0.3 is 26.0 Å². The van der Waals surface area contributed by atoms with Crippen molar-refractivity contribution in [1.29, 1.82) is 0 Å². The number of benzene rings is 2. The van der Waals surface area contributed by atoms with E-state index in [1.54, 1.807) is 42.6 Å². The van der Waals surface area contributed by atoms with E-state index in [2.05, 4.69) is 30.5 Å². The van der Waals surface area contributed by atoms with Crippen LogP contribution in [0.15, 0.2) is 66.9 Å². The molecule has 176 valence electrons. The third-order valence-corrected chi connectivity index (χ3v) is 5.56. The Kier molecular flexibility index (Phi) is 6.18. The molecule has 0 atom stereocenters. The molecular weight excluding hydrogens is 446 g/mol. The number of pyridine rings is 1. The van der Waals surface area contributed by atoms with Gasteiger partial charge in [-0.15, -0.1) is 0 Å². The fourth-order valence-electron chi connectivity index (χ4n) is 3.87. The van der Waals surface area contributed by atoms with Crippen molar-refractivity contribution in [3.63, 3.8) is 0 Å². The van der Waals surface area contributed by atoms with Crippen molar-refractivity contribution >= 4 is 45.7 Å². The molecule has 1 aliphatic heterocycles. The van der Waals surface area contributed by atoms with E-state index < -0.39 is 5.91 Å². The molecule has 1 fully saturated rings. The van der Waals surface area contributed by atoms with E-state index in [0.29, 0.717) is 54.4 Å². The quantitative estimate of drug-likeness (QED) is 0.392. The molecular formula is C25H23N7O3. The van der Waals surface area contributed by atoms with Crippen LogP contribution in [0.2, 0.25) is 0 Å². The lowest BCUT2D eigenvalue weighted by Gasteiger charge is -2.31. The van der Waals surface area contributed by atoms with E-state index in [4.69, 9.17) is 10.5 Å². The molecule has 5 rings (SSSR count). The van der Waals surface area contributed by atoms with E-state index in [1.807, 2.05) is 24.3 Å². The number of fused-ring (bicyclic) bond motifs is 1. The molecule has 2 aromatic heterocycles. The van der Waals surface area contributed by atoms with E-state index >= 15 is 0 Å². The maximum atomic E-state index is 12.9. The van der Waals surface area contributed by atoms with Crippen LogP contribution in [0, 0.1) is 0 Å². The summed E-state index contributed by atoms with van der Waals surface area (Å²) in [5, 5.41) is 6.11. The van der Waals surface area contributed by atoms with Gasteiger partial charge in [-0.2, -0.15) is 0 Å². The number of rotatable bonds is 6. The number of nitrogens with two attached hydrogens (primary N) is 1. The van der Waals surface area contributed by atoms with Crippen LogP contribution in [0.4, 0.5) is 22.9 Å². The van der Waals surface area contributed by atoms with Gasteiger partial charge in [0.25, 0.3) is 11.8 Å². The lowest BCUT2D eigenvalue weighted by atomic mass is 10.2.